The van der Waals surface area contributed by atoms with Gasteiger partial charge in [0.05, 0.1) is 5.69 Å². The Kier molecular flexibility index (Phi) is 9.39. The van der Waals surface area contributed by atoms with Crippen molar-refractivity contribution in [1.82, 2.24) is 5.06 Å². The average molecular weight is 477 g/mol. The first-order valence-corrected chi connectivity index (χ1v) is 11.3. The van der Waals surface area contributed by atoms with E-state index < -0.39 is 18.0 Å². The molecule has 3 rings (SSSR count). The number of carbonyl (C=O) groups is 3. The van der Waals surface area contributed by atoms with Crippen molar-refractivity contribution in [2.24, 2.45) is 0 Å². The second-order valence-corrected chi connectivity index (χ2v) is 7.99. The highest BCUT2D eigenvalue weighted by molar-refractivity contribution is 6.00. The van der Waals surface area contributed by atoms with Crippen molar-refractivity contribution in [2.45, 2.75) is 32.3 Å². The molecule has 0 aromatic heterocycles. The lowest BCUT2D eigenvalue weighted by atomic mass is 10.1. The summed E-state index contributed by atoms with van der Waals surface area (Å²) in [7, 11) is 0. The number of carboxylic acid groups (broad SMARTS) is 1. The fourth-order valence-electron chi connectivity index (χ4n) is 3.54. The van der Waals surface area contributed by atoms with Gasteiger partial charge >= 0.3 is 12.1 Å². The fraction of sp³-hybridized carbons (Fsp3) is 0.222. The molecule has 0 atom stereocenters. The molecule has 0 fully saturated rings. The van der Waals surface area contributed by atoms with Crippen molar-refractivity contribution in [2.75, 3.05) is 11.9 Å². The van der Waals surface area contributed by atoms with Gasteiger partial charge in [-0.3, -0.25) is 15.3 Å². The van der Waals surface area contributed by atoms with Crippen LogP contribution in [0.3, 0.4) is 0 Å². The molecule has 0 radical (unpaired) electrons. The number of carboxylic acids is 1. The van der Waals surface area contributed by atoms with Crippen LogP contribution in [-0.4, -0.2) is 39.9 Å². The van der Waals surface area contributed by atoms with Crippen molar-refractivity contribution >= 4 is 34.4 Å². The summed E-state index contributed by atoms with van der Waals surface area (Å²) >= 11 is 0. The number of fused-ring (bicyclic) bond motifs is 1. The molecule has 3 aromatic rings. The minimum atomic E-state index is -1.24. The van der Waals surface area contributed by atoms with Crippen molar-refractivity contribution < 1.29 is 29.4 Å². The SMILES string of the molecule is O=C(O)/C=C/C(=O)N(O)CCCCCc1ccc(COC(=O)Nc2cccc3ccccc23)cc1. The molecule has 8 heteroatoms. The number of aliphatic carboxylic acids is 1. The molecule has 35 heavy (non-hydrogen) atoms. The summed E-state index contributed by atoms with van der Waals surface area (Å²) in [6.07, 6.45) is 4.10. The Labute approximate surface area is 203 Å². The van der Waals surface area contributed by atoms with E-state index >= 15 is 0 Å². The quantitative estimate of drug-likeness (QED) is 0.152. The van der Waals surface area contributed by atoms with Crippen LogP contribution in [0.25, 0.3) is 10.8 Å². The maximum absolute atomic E-state index is 12.3. The van der Waals surface area contributed by atoms with Gasteiger partial charge < -0.3 is 9.84 Å². The second-order valence-electron chi connectivity index (χ2n) is 7.99. The van der Waals surface area contributed by atoms with E-state index in [1.807, 2.05) is 66.7 Å². The average Bonchev–Trinajstić information content (AvgIpc) is 2.86. The summed E-state index contributed by atoms with van der Waals surface area (Å²) in [5.41, 5.74) is 2.72. The molecule has 2 amide bonds. The van der Waals surface area contributed by atoms with Gasteiger partial charge in [0.2, 0.25) is 0 Å². The van der Waals surface area contributed by atoms with Crippen LogP contribution in [0, 0.1) is 0 Å². The zero-order valence-corrected chi connectivity index (χ0v) is 19.2. The molecule has 3 N–H and O–H groups in total. The standard InChI is InChI=1S/C27H28N2O6/c30-25(16-17-26(31)32)29(34)18-5-1-2-7-20-12-14-21(15-13-20)19-35-27(33)28-24-11-6-9-22-8-3-4-10-23(22)24/h3-4,6,8-17,34H,1-2,5,7,18-19H2,(H,28,33)(H,31,32)/b17-16+. The monoisotopic (exact) mass is 476 g/mol. The highest BCUT2D eigenvalue weighted by Gasteiger charge is 2.08. The van der Waals surface area contributed by atoms with Crippen molar-refractivity contribution in [3.05, 3.63) is 90.0 Å². The third-order valence-electron chi connectivity index (χ3n) is 5.38. The molecule has 0 unspecified atom stereocenters. The smallest absolute Gasteiger partial charge is 0.411 e. The molecular formula is C27H28N2O6. The number of nitrogens with one attached hydrogen (secondary N) is 1. The fourth-order valence-corrected chi connectivity index (χ4v) is 3.54. The van der Waals surface area contributed by atoms with Gasteiger partial charge in [0.1, 0.15) is 6.61 Å². The van der Waals surface area contributed by atoms with E-state index in [9.17, 15) is 19.6 Å². The van der Waals surface area contributed by atoms with Crippen molar-refractivity contribution in [1.29, 1.82) is 0 Å². The van der Waals surface area contributed by atoms with E-state index in [4.69, 9.17) is 9.84 Å². The normalized spacial score (nSPS) is 10.9. The third-order valence-corrected chi connectivity index (χ3v) is 5.38. The number of unbranched alkanes of at least 4 members (excludes halogenated alkanes) is 2. The maximum atomic E-state index is 12.3. The number of amides is 2. The number of carbonyl (C=O) groups excluding carboxylic acids is 2. The number of hydroxylamine groups is 2. The van der Waals surface area contributed by atoms with Gasteiger partial charge in [-0.25, -0.2) is 14.7 Å². The predicted octanol–water partition coefficient (Wildman–Crippen LogP) is 5.16. The highest BCUT2D eigenvalue weighted by Crippen LogP contribution is 2.23. The Bertz CT molecular complexity index is 1180. The summed E-state index contributed by atoms with van der Waals surface area (Å²) in [5, 5.41) is 23.4. The zero-order chi connectivity index (χ0) is 25.0. The Hall–Kier alpha value is -4.17. The summed E-state index contributed by atoms with van der Waals surface area (Å²) in [5.74, 6) is -2.00. The number of hydrogen-bond acceptors (Lipinski definition) is 5. The van der Waals surface area contributed by atoms with E-state index in [2.05, 4.69) is 5.32 Å². The number of aryl methyl sites for hydroxylation is 1. The first-order chi connectivity index (χ1) is 16.9. The van der Waals surface area contributed by atoms with Crippen LogP contribution in [0.15, 0.2) is 78.9 Å². The molecule has 0 aliphatic rings. The van der Waals surface area contributed by atoms with E-state index in [0.29, 0.717) is 23.2 Å². The molecule has 0 heterocycles. The largest absolute Gasteiger partial charge is 0.478 e. The van der Waals surface area contributed by atoms with Gasteiger partial charge in [-0.1, -0.05) is 67.1 Å². The van der Waals surface area contributed by atoms with Crippen LogP contribution in [0.1, 0.15) is 30.4 Å². The summed E-state index contributed by atoms with van der Waals surface area (Å²) in [6.45, 7) is 0.299. The molecule has 182 valence electrons. The lowest BCUT2D eigenvalue weighted by Gasteiger charge is -2.12. The van der Waals surface area contributed by atoms with Crippen LogP contribution in [0.5, 0.6) is 0 Å². The number of rotatable bonds is 11. The van der Waals surface area contributed by atoms with Crippen LogP contribution < -0.4 is 5.32 Å². The molecule has 8 nitrogen and oxygen atoms in total. The molecule has 0 saturated heterocycles. The van der Waals surface area contributed by atoms with E-state index in [-0.39, 0.29) is 13.2 Å². The van der Waals surface area contributed by atoms with E-state index in [1.54, 1.807) is 0 Å². The Balaban J connectivity index is 1.36. The van der Waals surface area contributed by atoms with Gasteiger partial charge in [0.15, 0.2) is 0 Å². The molecule has 0 saturated carbocycles. The van der Waals surface area contributed by atoms with Crippen molar-refractivity contribution in [3.63, 3.8) is 0 Å². The molecule has 0 spiro atoms. The first-order valence-electron chi connectivity index (χ1n) is 11.3. The topological polar surface area (TPSA) is 116 Å². The van der Waals surface area contributed by atoms with E-state index in [1.165, 1.54) is 0 Å². The summed E-state index contributed by atoms with van der Waals surface area (Å²) in [4.78, 5) is 34.1. The number of ether oxygens (including phenoxy) is 1. The van der Waals surface area contributed by atoms with Gasteiger partial charge in [-0.05, 0) is 41.8 Å². The minimum Gasteiger partial charge on any atom is -0.478 e. The number of hydrogen-bond donors (Lipinski definition) is 3. The van der Waals surface area contributed by atoms with Crippen LogP contribution in [-0.2, 0) is 27.4 Å². The minimum absolute atomic E-state index is 0.139. The number of benzene rings is 3. The lowest BCUT2D eigenvalue weighted by molar-refractivity contribution is -0.159. The van der Waals surface area contributed by atoms with Gasteiger partial charge in [0, 0.05) is 24.1 Å². The summed E-state index contributed by atoms with van der Waals surface area (Å²) in [6, 6.07) is 21.3. The molecular weight excluding hydrogens is 448 g/mol. The lowest BCUT2D eigenvalue weighted by Crippen LogP contribution is -2.26. The number of anilines is 1. The zero-order valence-electron chi connectivity index (χ0n) is 19.2. The van der Waals surface area contributed by atoms with Gasteiger partial charge in [-0.15, -0.1) is 0 Å². The van der Waals surface area contributed by atoms with Crippen LogP contribution >= 0.6 is 0 Å². The third kappa shape index (κ3) is 8.28. The number of nitrogens with zero attached hydrogens (tertiary/aromatic N) is 1. The van der Waals surface area contributed by atoms with Crippen molar-refractivity contribution in [3.8, 4) is 0 Å². The molecule has 0 aliphatic carbocycles. The van der Waals surface area contributed by atoms with Crippen LogP contribution in [0.4, 0.5) is 10.5 Å². The Morgan fingerprint density at radius 1 is 0.857 bits per heavy atom. The van der Waals surface area contributed by atoms with Gasteiger partial charge in [-0.2, -0.15) is 0 Å². The second kappa shape index (κ2) is 12.9. The molecule has 3 aromatic carbocycles. The first kappa shape index (κ1) is 25.5. The highest BCUT2D eigenvalue weighted by atomic mass is 16.5. The van der Waals surface area contributed by atoms with Gasteiger partial charge in [0.25, 0.3) is 5.91 Å². The Morgan fingerprint density at radius 2 is 1.57 bits per heavy atom. The Morgan fingerprint density at radius 3 is 2.34 bits per heavy atom. The predicted molar refractivity (Wildman–Crippen MR) is 132 cm³/mol. The molecule has 0 aliphatic heterocycles. The summed E-state index contributed by atoms with van der Waals surface area (Å²) < 4.78 is 5.36. The molecule has 0 bridgehead atoms. The maximum Gasteiger partial charge on any atom is 0.411 e. The van der Waals surface area contributed by atoms with E-state index in [0.717, 1.165) is 47.2 Å². The van der Waals surface area contributed by atoms with Crippen LogP contribution in [0.2, 0.25) is 0 Å².